The van der Waals surface area contributed by atoms with Gasteiger partial charge in [-0.1, -0.05) is 42.5 Å². The van der Waals surface area contributed by atoms with E-state index in [9.17, 15) is 0 Å². The number of fused-ring (bicyclic) bond motifs is 1. The minimum absolute atomic E-state index is 0.713. The number of aryl methyl sites for hydroxylation is 1. The number of hydrogen-bond donors (Lipinski definition) is 0. The summed E-state index contributed by atoms with van der Waals surface area (Å²) in [6.45, 7) is 2.72. The molecule has 0 fully saturated rings. The molecule has 0 unspecified atom stereocenters. The quantitative estimate of drug-likeness (QED) is 0.781. The molecule has 1 heteroatoms. The number of rotatable bonds is 3. The second kappa shape index (κ2) is 5.31. The molecule has 1 aliphatic carbocycles. The average molecular weight is 250 g/mol. The molecule has 96 valence electrons. The van der Waals surface area contributed by atoms with E-state index in [1.54, 1.807) is 0 Å². The summed E-state index contributed by atoms with van der Waals surface area (Å²) < 4.78 is 5.50. The molecule has 0 amide bonds. The van der Waals surface area contributed by atoms with Crippen LogP contribution in [0.4, 0.5) is 0 Å². The minimum atomic E-state index is 0.713. The summed E-state index contributed by atoms with van der Waals surface area (Å²) in [7, 11) is 0. The fourth-order valence-electron chi connectivity index (χ4n) is 2.65. The van der Waals surface area contributed by atoms with Gasteiger partial charge < -0.3 is 4.74 Å². The molecule has 19 heavy (non-hydrogen) atoms. The molecule has 0 saturated heterocycles. The van der Waals surface area contributed by atoms with Crippen LogP contribution < -0.4 is 4.74 Å². The van der Waals surface area contributed by atoms with Gasteiger partial charge in [0.05, 0.1) is 6.61 Å². The predicted molar refractivity (Wildman–Crippen MR) is 79.5 cm³/mol. The Balaban J connectivity index is 1.96. The smallest absolute Gasteiger partial charge is 0.119 e. The number of benzene rings is 2. The zero-order chi connectivity index (χ0) is 13.1. The zero-order valence-corrected chi connectivity index (χ0v) is 11.2. The molecule has 0 bridgehead atoms. The Hall–Kier alpha value is -2.02. The first-order chi connectivity index (χ1) is 9.38. The van der Waals surface area contributed by atoms with Crippen molar-refractivity contribution in [1.82, 2.24) is 0 Å². The molecule has 0 atom stereocenters. The molecule has 3 rings (SSSR count). The Morgan fingerprint density at radius 3 is 2.58 bits per heavy atom. The van der Waals surface area contributed by atoms with Crippen LogP contribution in [0.1, 0.15) is 30.0 Å². The van der Waals surface area contributed by atoms with Gasteiger partial charge in [-0.3, -0.25) is 0 Å². The Morgan fingerprint density at radius 2 is 1.79 bits per heavy atom. The first kappa shape index (κ1) is 12.0. The normalized spacial score (nSPS) is 13.6. The van der Waals surface area contributed by atoms with Crippen LogP contribution in [-0.4, -0.2) is 6.61 Å². The van der Waals surface area contributed by atoms with Crippen LogP contribution in [-0.2, 0) is 6.42 Å². The van der Waals surface area contributed by atoms with Gasteiger partial charge >= 0.3 is 0 Å². The molecular formula is C18H18O. The lowest BCUT2D eigenvalue weighted by Gasteiger charge is -2.18. The van der Waals surface area contributed by atoms with Crippen molar-refractivity contribution in [2.75, 3.05) is 6.61 Å². The number of allylic oxidation sites excluding steroid dienone is 1. The van der Waals surface area contributed by atoms with Crippen molar-refractivity contribution < 1.29 is 4.74 Å². The molecule has 2 aromatic carbocycles. The van der Waals surface area contributed by atoms with Gasteiger partial charge in [0.2, 0.25) is 0 Å². The van der Waals surface area contributed by atoms with Crippen molar-refractivity contribution in [2.45, 2.75) is 19.8 Å². The van der Waals surface area contributed by atoms with Crippen LogP contribution in [0.5, 0.6) is 5.75 Å². The molecule has 1 aliphatic rings. The molecule has 0 aliphatic heterocycles. The van der Waals surface area contributed by atoms with Crippen molar-refractivity contribution in [3.63, 3.8) is 0 Å². The summed E-state index contributed by atoms with van der Waals surface area (Å²) in [6.07, 6.45) is 4.62. The Bertz CT molecular complexity index is 593. The molecule has 0 aromatic heterocycles. The fraction of sp³-hybridized carbons (Fsp3) is 0.222. The average Bonchev–Trinajstić information content (AvgIpc) is 2.48. The highest BCUT2D eigenvalue weighted by Crippen LogP contribution is 2.32. The maximum atomic E-state index is 5.50. The SMILES string of the molecule is CCOc1ccc(C2=CCCc3ccccc32)cc1. The van der Waals surface area contributed by atoms with Crippen LogP contribution in [0.2, 0.25) is 0 Å². The Morgan fingerprint density at radius 1 is 1.00 bits per heavy atom. The third-order valence-electron chi connectivity index (χ3n) is 3.55. The van der Waals surface area contributed by atoms with Crippen molar-refractivity contribution in [3.05, 3.63) is 71.3 Å². The van der Waals surface area contributed by atoms with Gasteiger partial charge in [0.15, 0.2) is 0 Å². The topological polar surface area (TPSA) is 9.23 Å². The van der Waals surface area contributed by atoms with Gasteiger partial charge in [-0.05, 0) is 54.2 Å². The Kier molecular flexibility index (Phi) is 3.37. The molecule has 1 nitrogen and oxygen atoms in total. The van der Waals surface area contributed by atoms with Crippen molar-refractivity contribution in [2.24, 2.45) is 0 Å². The molecular weight excluding hydrogens is 232 g/mol. The lowest BCUT2D eigenvalue weighted by molar-refractivity contribution is 0.340. The largest absolute Gasteiger partial charge is 0.494 e. The van der Waals surface area contributed by atoms with Crippen molar-refractivity contribution in [3.8, 4) is 5.75 Å². The van der Waals surface area contributed by atoms with E-state index >= 15 is 0 Å². The van der Waals surface area contributed by atoms with Crippen LogP contribution in [0.15, 0.2) is 54.6 Å². The van der Waals surface area contributed by atoms with Gasteiger partial charge in [-0.2, -0.15) is 0 Å². The summed E-state index contributed by atoms with van der Waals surface area (Å²) >= 11 is 0. The van der Waals surface area contributed by atoms with E-state index in [0.717, 1.165) is 18.6 Å². The van der Waals surface area contributed by atoms with Crippen LogP contribution in [0.25, 0.3) is 5.57 Å². The van der Waals surface area contributed by atoms with E-state index in [0.29, 0.717) is 6.61 Å². The maximum Gasteiger partial charge on any atom is 0.119 e. The molecule has 0 N–H and O–H groups in total. The summed E-state index contributed by atoms with van der Waals surface area (Å²) in [4.78, 5) is 0. The molecule has 2 aromatic rings. The zero-order valence-electron chi connectivity index (χ0n) is 11.2. The highest BCUT2D eigenvalue weighted by atomic mass is 16.5. The third-order valence-corrected chi connectivity index (χ3v) is 3.55. The summed E-state index contributed by atoms with van der Waals surface area (Å²) in [6, 6.07) is 17.1. The number of hydrogen-bond acceptors (Lipinski definition) is 1. The lowest BCUT2D eigenvalue weighted by atomic mass is 9.87. The third kappa shape index (κ3) is 2.41. The van der Waals surface area contributed by atoms with E-state index in [4.69, 9.17) is 4.74 Å². The van der Waals surface area contributed by atoms with E-state index in [2.05, 4.69) is 54.6 Å². The van der Waals surface area contributed by atoms with Crippen LogP contribution >= 0.6 is 0 Å². The highest BCUT2D eigenvalue weighted by molar-refractivity contribution is 5.82. The standard InChI is InChI=1S/C18H18O/c1-2-19-16-12-10-15(11-13-16)18-9-5-7-14-6-3-4-8-17(14)18/h3-4,6,8-13H,2,5,7H2,1H3. The summed E-state index contributed by atoms with van der Waals surface area (Å²) in [5, 5.41) is 0. The van der Waals surface area contributed by atoms with Gasteiger partial charge in [-0.25, -0.2) is 0 Å². The van der Waals surface area contributed by atoms with Crippen molar-refractivity contribution >= 4 is 5.57 Å². The molecule has 0 heterocycles. The summed E-state index contributed by atoms with van der Waals surface area (Å²) in [5.41, 5.74) is 5.45. The lowest BCUT2D eigenvalue weighted by Crippen LogP contribution is -2.00. The maximum absolute atomic E-state index is 5.50. The predicted octanol–water partition coefficient (Wildman–Crippen LogP) is 4.46. The number of ether oxygens (including phenoxy) is 1. The molecule has 0 radical (unpaired) electrons. The minimum Gasteiger partial charge on any atom is -0.494 e. The van der Waals surface area contributed by atoms with Crippen LogP contribution in [0, 0.1) is 0 Å². The highest BCUT2D eigenvalue weighted by Gasteiger charge is 2.13. The van der Waals surface area contributed by atoms with Gasteiger partial charge in [0.1, 0.15) is 5.75 Å². The molecule has 0 saturated carbocycles. The molecule has 0 spiro atoms. The Labute approximate surface area is 114 Å². The van der Waals surface area contributed by atoms with Gasteiger partial charge in [0.25, 0.3) is 0 Å². The second-order valence-corrected chi connectivity index (χ2v) is 4.77. The monoisotopic (exact) mass is 250 g/mol. The summed E-state index contributed by atoms with van der Waals surface area (Å²) in [5.74, 6) is 0.941. The van der Waals surface area contributed by atoms with E-state index in [1.165, 1.54) is 22.3 Å². The van der Waals surface area contributed by atoms with Gasteiger partial charge in [-0.15, -0.1) is 0 Å². The van der Waals surface area contributed by atoms with Crippen LogP contribution in [0.3, 0.4) is 0 Å². The first-order valence-electron chi connectivity index (χ1n) is 6.90. The second-order valence-electron chi connectivity index (χ2n) is 4.77. The van der Waals surface area contributed by atoms with E-state index in [-0.39, 0.29) is 0 Å². The first-order valence-corrected chi connectivity index (χ1v) is 6.90. The van der Waals surface area contributed by atoms with Crippen molar-refractivity contribution in [1.29, 1.82) is 0 Å². The van der Waals surface area contributed by atoms with E-state index in [1.807, 2.05) is 6.92 Å². The fourth-order valence-corrected chi connectivity index (χ4v) is 2.65. The van der Waals surface area contributed by atoms with E-state index < -0.39 is 0 Å². The van der Waals surface area contributed by atoms with Gasteiger partial charge in [0, 0.05) is 0 Å².